The Kier molecular flexibility index (Phi) is 3.55. The van der Waals surface area contributed by atoms with E-state index in [0.717, 1.165) is 29.6 Å². The summed E-state index contributed by atoms with van der Waals surface area (Å²) in [4.78, 5) is 4.65. The van der Waals surface area contributed by atoms with Crippen molar-refractivity contribution in [1.82, 2.24) is 4.98 Å². The smallest absolute Gasteiger partial charge is 0.144 e. The molecule has 2 aromatic rings. The highest BCUT2D eigenvalue weighted by molar-refractivity contribution is 5.82. The molecule has 1 aliphatic carbocycles. The Bertz CT molecular complexity index is 697. The maximum atomic E-state index is 9.38. The molecule has 108 valence electrons. The highest BCUT2D eigenvalue weighted by Crippen LogP contribution is 2.36. The van der Waals surface area contributed by atoms with Gasteiger partial charge >= 0.3 is 0 Å². The van der Waals surface area contributed by atoms with Crippen molar-refractivity contribution >= 4 is 16.7 Å². The molecule has 1 aliphatic rings. The standard InChI is InChI=1S/C18H21N3/c1-18(2)9-5-7-15(11-18)20-17-14(12-19)10-13-6-3-4-8-16(13)21-17/h3-4,6,8,10,15H,5,7,9,11H2,1-2H3,(H,20,21). The molecule has 3 nitrogen and oxygen atoms in total. The summed E-state index contributed by atoms with van der Waals surface area (Å²) in [5.41, 5.74) is 1.95. The topological polar surface area (TPSA) is 48.7 Å². The first-order chi connectivity index (χ1) is 10.1. The molecule has 3 heteroatoms. The van der Waals surface area contributed by atoms with Gasteiger partial charge in [0.1, 0.15) is 11.9 Å². The molecular weight excluding hydrogens is 258 g/mol. The van der Waals surface area contributed by atoms with Crippen molar-refractivity contribution in [3.05, 3.63) is 35.9 Å². The Balaban J connectivity index is 1.91. The lowest BCUT2D eigenvalue weighted by atomic mass is 9.75. The molecule has 1 aromatic carbocycles. The van der Waals surface area contributed by atoms with Gasteiger partial charge < -0.3 is 5.32 Å². The van der Waals surface area contributed by atoms with Gasteiger partial charge in [0.25, 0.3) is 0 Å². The fraction of sp³-hybridized carbons (Fsp3) is 0.444. The van der Waals surface area contributed by atoms with Crippen LogP contribution in [0.4, 0.5) is 5.82 Å². The first kappa shape index (κ1) is 13.9. The second kappa shape index (κ2) is 5.37. The van der Waals surface area contributed by atoms with Crippen LogP contribution in [-0.4, -0.2) is 11.0 Å². The number of aromatic nitrogens is 1. The third-order valence-electron chi connectivity index (χ3n) is 4.39. The Morgan fingerprint density at radius 1 is 1.33 bits per heavy atom. The van der Waals surface area contributed by atoms with E-state index in [1.54, 1.807) is 0 Å². The van der Waals surface area contributed by atoms with E-state index in [2.05, 4.69) is 30.2 Å². The van der Waals surface area contributed by atoms with Crippen molar-refractivity contribution in [1.29, 1.82) is 5.26 Å². The lowest BCUT2D eigenvalue weighted by molar-refractivity contribution is 0.229. The predicted octanol–water partition coefficient (Wildman–Crippen LogP) is 4.49. The average Bonchev–Trinajstić information content (AvgIpc) is 2.45. The molecule has 1 heterocycles. The van der Waals surface area contributed by atoms with E-state index >= 15 is 0 Å². The summed E-state index contributed by atoms with van der Waals surface area (Å²) in [5.74, 6) is 0.735. The van der Waals surface area contributed by atoms with E-state index in [1.807, 2.05) is 30.3 Å². The lowest BCUT2D eigenvalue weighted by Gasteiger charge is -2.35. The van der Waals surface area contributed by atoms with Crippen LogP contribution in [0.15, 0.2) is 30.3 Å². The number of nitrogens with zero attached hydrogens (tertiary/aromatic N) is 2. The molecule has 1 saturated carbocycles. The number of hydrogen-bond donors (Lipinski definition) is 1. The van der Waals surface area contributed by atoms with E-state index < -0.39 is 0 Å². The number of nitrogens with one attached hydrogen (secondary N) is 1. The van der Waals surface area contributed by atoms with Crippen LogP contribution in [0.2, 0.25) is 0 Å². The van der Waals surface area contributed by atoms with Crippen LogP contribution in [0.1, 0.15) is 45.1 Å². The van der Waals surface area contributed by atoms with Crippen molar-refractivity contribution in [3.63, 3.8) is 0 Å². The van der Waals surface area contributed by atoms with Gasteiger partial charge in [-0.2, -0.15) is 5.26 Å². The SMILES string of the molecule is CC1(C)CCCC(Nc2nc3ccccc3cc2C#N)C1. The number of nitriles is 1. The van der Waals surface area contributed by atoms with Crippen LogP contribution in [0.25, 0.3) is 10.9 Å². The van der Waals surface area contributed by atoms with Gasteiger partial charge in [0.2, 0.25) is 0 Å². The molecule has 21 heavy (non-hydrogen) atoms. The Morgan fingerprint density at radius 3 is 2.90 bits per heavy atom. The fourth-order valence-electron chi connectivity index (χ4n) is 3.33. The fourth-order valence-corrected chi connectivity index (χ4v) is 3.33. The zero-order valence-electron chi connectivity index (χ0n) is 12.7. The van der Waals surface area contributed by atoms with Crippen LogP contribution in [0, 0.1) is 16.7 Å². The zero-order chi connectivity index (χ0) is 14.9. The van der Waals surface area contributed by atoms with Crippen LogP contribution in [-0.2, 0) is 0 Å². The van der Waals surface area contributed by atoms with Gasteiger partial charge in [-0.1, -0.05) is 38.5 Å². The molecule has 1 atom stereocenters. The molecule has 0 saturated heterocycles. The molecule has 3 rings (SSSR count). The van der Waals surface area contributed by atoms with Crippen molar-refractivity contribution < 1.29 is 0 Å². The van der Waals surface area contributed by atoms with Crippen LogP contribution in [0.5, 0.6) is 0 Å². The third kappa shape index (κ3) is 3.00. The number of hydrogen-bond acceptors (Lipinski definition) is 3. The number of anilines is 1. The summed E-state index contributed by atoms with van der Waals surface area (Å²) in [6.45, 7) is 4.64. The van der Waals surface area contributed by atoms with Crippen molar-refractivity contribution in [2.24, 2.45) is 5.41 Å². The summed E-state index contributed by atoms with van der Waals surface area (Å²) >= 11 is 0. The molecule has 1 unspecified atom stereocenters. The van der Waals surface area contributed by atoms with E-state index in [0.29, 0.717) is 17.0 Å². The van der Waals surface area contributed by atoms with Gasteiger partial charge in [-0.3, -0.25) is 0 Å². The number of para-hydroxylation sites is 1. The minimum absolute atomic E-state index is 0.375. The van der Waals surface area contributed by atoms with Crippen LogP contribution < -0.4 is 5.32 Å². The molecule has 1 fully saturated rings. The summed E-state index contributed by atoms with van der Waals surface area (Å²) in [6, 6.07) is 12.6. The molecule has 0 radical (unpaired) electrons. The van der Waals surface area contributed by atoms with Gasteiger partial charge in [-0.15, -0.1) is 0 Å². The Labute approximate surface area is 126 Å². The summed E-state index contributed by atoms with van der Waals surface area (Å²) < 4.78 is 0. The second-order valence-corrected chi connectivity index (χ2v) is 6.79. The van der Waals surface area contributed by atoms with E-state index in [4.69, 9.17) is 0 Å². The average molecular weight is 279 g/mol. The minimum Gasteiger partial charge on any atom is -0.366 e. The van der Waals surface area contributed by atoms with Gasteiger partial charge in [0.05, 0.1) is 11.1 Å². The number of benzene rings is 1. The quantitative estimate of drug-likeness (QED) is 0.881. The lowest BCUT2D eigenvalue weighted by Crippen LogP contribution is -2.32. The third-order valence-corrected chi connectivity index (χ3v) is 4.39. The van der Waals surface area contributed by atoms with Gasteiger partial charge in [-0.25, -0.2) is 4.98 Å². The monoisotopic (exact) mass is 279 g/mol. The molecule has 1 aromatic heterocycles. The largest absolute Gasteiger partial charge is 0.366 e. The van der Waals surface area contributed by atoms with Crippen molar-refractivity contribution in [2.75, 3.05) is 5.32 Å². The van der Waals surface area contributed by atoms with Crippen molar-refractivity contribution in [2.45, 2.75) is 45.6 Å². The second-order valence-electron chi connectivity index (χ2n) is 6.79. The molecular formula is C18H21N3. The number of pyridine rings is 1. The normalized spacial score (nSPS) is 20.9. The van der Waals surface area contributed by atoms with Gasteiger partial charge in [-0.05, 0) is 36.8 Å². The minimum atomic E-state index is 0.375. The first-order valence-corrected chi connectivity index (χ1v) is 7.64. The number of rotatable bonds is 2. The molecule has 0 spiro atoms. The Morgan fingerprint density at radius 2 is 2.14 bits per heavy atom. The predicted molar refractivity (Wildman–Crippen MR) is 86.1 cm³/mol. The maximum Gasteiger partial charge on any atom is 0.144 e. The van der Waals surface area contributed by atoms with Crippen molar-refractivity contribution in [3.8, 4) is 6.07 Å². The Hall–Kier alpha value is -2.08. The summed E-state index contributed by atoms with van der Waals surface area (Å²) in [5, 5.41) is 13.9. The summed E-state index contributed by atoms with van der Waals surface area (Å²) in [6.07, 6.45) is 4.80. The van der Waals surface area contributed by atoms with E-state index in [1.165, 1.54) is 12.8 Å². The van der Waals surface area contributed by atoms with Crippen LogP contribution in [0.3, 0.4) is 0 Å². The molecule has 0 aliphatic heterocycles. The van der Waals surface area contributed by atoms with E-state index in [9.17, 15) is 5.26 Å². The van der Waals surface area contributed by atoms with Gasteiger partial charge in [0.15, 0.2) is 0 Å². The van der Waals surface area contributed by atoms with E-state index in [-0.39, 0.29) is 0 Å². The maximum absolute atomic E-state index is 9.38. The molecule has 0 bridgehead atoms. The van der Waals surface area contributed by atoms with Gasteiger partial charge in [0, 0.05) is 11.4 Å². The zero-order valence-corrected chi connectivity index (χ0v) is 12.7. The number of fused-ring (bicyclic) bond motifs is 1. The molecule has 1 N–H and O–H groups in total. The first-order valence-electron chi connectivity index (χ1n) is 7.64. The summed E-state index contributed by atoms with van der Waals surface area (Å²) in [7, 11) is 0. The van der Waals surface area contributed by atoms with Crippen LogP contribution >= 0.6 is 0 Å². The highest BCUT2D eigenvalue weighted by Gasteiger charge is 2.28. The highest BCUT2D eigenvalue weighted by atomic mass is 15.0. The molecule has 0 amide bonds.